The monoisotopic (exact) mass is 240 g/mol. The highest BCUT2D eigenvalue weighted by atomic mass is 16.5. The van der Waals surface area contributed by atoms with Crippen molar-refractivity contribution in [1.82, 2.24) is 0 Å². The van der Waals surface area contributed by atoms with E-state index in [2.05, 4.69) is 56.3 Å². The molecule has 0 heterocycles. The second-order valence-corrected chi connectivity index (χ2v) is 4.86. The fourth-order valence-electron chi connectivity index (χ4n) is 2.24. The van der Waals surface area contributed by atoms with E-state index in [-0.39, 0.29) is 0 Å². The highest BCUT2D eigenvalue weighted by Gasteiger charge is 2.01. The average molecular weight is 240 g/mol. The van der Waals surface area contributed by atoms with Crippen LogP contribution in [0.15, 0.2) is 42.5 Å². The Morgan fingerprint density at radius 3 is 2.39 bits per heavy atom. The van der Waals surface area contributed by atoms with Crippen molar-refractivity contribution in [3.8, 4) is 0 Å². The van der Waals surface area contributed by atoms with Gasteiger partial charge in [0.15, 0.2) is 0 Å². The van der Waals surface area contributed by atoms with Crippen LogP contribution in [0.1, 0.15) is 27.8 Å². The van der Waals surface area contributed by atoms with E-state index in [1.807, 2.05) is 0 Å². The topological polar surface area (TPSA) is 9.23 Å². The van der Waals surface area contributed by atoms with Crippen LogP contribution in [0.4, 0.5) is 0 Å². The molecule has 0 aliphatic rings. The summed E-state index contributed by atoms with van der Waals surface area (Å²) in [5, 5.41) is 0. The van der Waals surface area contributed by atoms with Crippen molar-refractivity contribution in [2.75, 3.05) is 7.11 Å². The molecule has 2 aromatic rings. The summed E-state index contributed by atoms with van der Waals surface area (Å²) in [5.41, 5.74) is 6.62. The Balaban J connectivity index is 2.17. The van der Waals surface area contributed by atoms with Crippen LogP contribution in [0.25, 0.3) is 0 Å². The number of methoxy groups -OCH3 is 1. The second kappa shape index (κ2) is 5.83. The zero-order valence-corrected chi connectivity index (χ0v) is 11.4. The number of rotatable bonds is 4. The zero-order chi connectivity index (χ0) is 13.0. The molecule has 0 amide bonds. The van der Waals surface area contributed by atoms with Gasteiger partial charge in [0.1, 0.15) is 0 Å². The van der Waals surface area contributed by atoms with E-state index in [1.54, 1.807) is 7.11 Å². The van der Waals surface area contributed by atoms with Crippen molar-refractivity contribution in [1.29, 1.82) is 0 Å². The fraction of sp³-hybridized carbons (Fsp3) is 0.294. The molecule has 0 fully saturated rings. The molecule has 2 aromatic carbocycles. The van der Waals surface area contributed by atoms with Crippen molar-refractivity contribution < 1.29 is 4.74 Å². The summed E-state index contributed by atoms with van der Waals surface area (Å²) in [5.74, 6) is 0. The van der Waals surface area contributed by atoms with Gasteiger partial charge in [-0.25, -0.2) is 0 Å². The van der Waals surface area contributed by atoms with Crippen molar-refractivity contribution in [3.05, 3.63) is 70.3 Å². The summed E-state index contributed by atoms with van der Waals surface area (Å²) < 4.78 is 5.18. The normalized spacial score (nSPS) is 10.6. The highest BCUT2D eigenvalue weighted by molar-refractivity contribution is 5.34. The van der Waals surface area contributed by atoms with E-state index in [0.29, 0.717) is 6.61 Å². The molecule has 94 valence electrons. The van der Waals surface area contributed by atoms with Gasteiger partial charge in [0.05, 0.1) is 6.61 Å². The number of benzene rings is 2. The van der Waals surface area contributed by atoms with Gasteiger partial charge in [-0.2, -0.15) is 0 Å². The van der Waals surface area contributed by atoms with Crippen molar-refractivity contribution >= 4 is 0 Å². The maximum atomic E-state index is 5.18. The number of hydrogen-bond acceptors (Lipinski definition) is 1. The lowest BCUT2D eigenvalue weighted by atomic mass is 9.99. The van der Waals surface area contributed by atoms with Crippen LogP contribution < -0.4 is 0 Å². The smallest absolute Gasteiger partial charge is 0.0715 e. The Morgan fingerprint density at radius 1 is 0.944 bits per heavy atom. The van der Waals surface area contributed by atoms with E-state index >= 15 is 0 Å². The van der Waals surface area contributed by atoms with Crippen LogP contribution in [0, 0.1) is 13.8 Å². The Hall–Kier alpha value is -1.60. The van der Waals surface area contributed by atoms with Crippen LogP contribution in [0.2, 0.25) is 0 Å². The first-order chi connectivity index (χ1) is 8.69. The van der Waals surface area contributed by atoms with E-state index in [4.69, 9.17) is 4.74 Å². The molecule has 0 spiro atoms. The van der Waals surface area contributed by atoms with Gasteiger partial charge in [-0.3, -0.25) is 0 Å². The molecule has 0 bridgehead atoms. The minimum absolute atomic E-state index is 0.691. The summed E-state index contributed by atoms with van der Waals surface area (Å²) >= 11 is 0. The van der Waals surface area contributed by atoms with Gasteiger partial charge in [0, 0.05) is 7.11 Å². The molecule has 1 nitrogen and oxygen atoms in total. The average Bonchev–Trinajstić information content (AvgIpc) is 2.33. The molecule has 0 aromatic heterocycles. The minimum atomic E-state index is 0.691. The van der Waals surface area contributed by atoms with E-state index in [1.165, 1.54) is 27.8 Å². The van der Waals surface area contributed by atoms with Gasteiger partial charge in [-0.05, 0) is 42.5 Å². The van der Waals surface area contributed by atoms with E-state index < -0.39 is 0 Å². The summed E-state index contributed by atoms with van der Waals surface area (Å²) in [6, 6.07) is 15.3. The molecule has 0 saturated carbocycles. The molecule has 18 heavy (non-hydrogen) atoms. The first-order valence-electron chi connectivity index (χ1n) is 6.32. The number of ether oxygens (including phenoxy) is 1. The third kappa shape index (κ3) is 3.21. The Labute approximate surface area is 109 Å². The molecular weight excluding hydrogens is 220 g/mol. The molecule has 0 aliphatic heterocycles. The minimum Gasteiger partial charge on any atom is -0.380 e. The van der Waals surface area contributed by atoms with Gasteiger partial charge in [-0.15, -0.1) is 0 Å². The van der Waals surface area contributed by atoms with Crippen LogP contribution >= 0.6 is 0 Å². The van der Waals surface area contributed by atoms with Gasteiger partial charge < -0.3 is 4.74 Å². The van der Waals surface area contributed by atoms with Crippen LogP contribution in [0.3, 0.4) is 0 Å². The van der Waals surface area contributed by atoms with Gasteiger partial charge in [0.2, 0.25) is 0 Å². The summed E-state index contributed by atoms with van der Waals surface area (Å²) in [6.45, 7) is 4.97. The van der Waals surface area contributed by atoms with Crippen LogP contribution in [0.5, 0.6) is 0 Å². The van der Waals surface area contributed by atoms with Crippen LogP contribution in [-0.4, -0.2) is 7.11 Å². The standard InChI is InChI=1S/C17H20O/c1-13-5-4-6-15(9-13)11-16-7-8-17(12-18-3)14(2)10-16/h4-10H,11-12H2,1-3H3. The van der Waals surface area contributed by atoms with Gasteiger partial charge in [0.25, 0.3) is 0 Å². The summed E-state index contributed by atoms with van der Waals surface area (Å²) in [6.07, 6.45) is 0.996. The Kier molecular flexibility index (Phi) is 4.16. The van der Waals surface area contributed by atoms with Gasteiger partial charge >= 0.3 is 0 Å². The highest BCUT2D eigenvalue weighted by Crippen LogP contribution is 2.16. The predicted molar refractivity (Wildman–Crippen MR) is 75.9 cm³/mol. The quantitative estimate of drug-likeness (QED) is 0.783. The Morgan fingerprint density at radius 2 is 1.72 bits per heavy atom. The number of aryl methyl sites for hydroxylation is 2. The molecule has 0 saturated heterocycles. The second-order valence-electron chi connectivity index (χ2n) is 4.86. The third-order valence-corrected chi connectivity index (χ3v) is 3.20. The zero-order valence-electron chi connectivity index (χ0n) is 11.4. The predicted octanol–water partition coefficient (Wildman–Crippen LogP) is 4.04. The SMILES string of the molecule is COCc1ccc(Cc2cccc(C)c2)cc1C. The maximum absolute atomic E-state index is 5.18. The van der Waals surface area contributed by atoms with Crippen molar-refractivity contribution in [2.45, 2.75) is 26.9 Å². The Bertz CT molecular complexity index is 529. The van der Waals surface area contributed by atoms with Crippen molar-refractivity contribution in [2.24, 2.45) is 0 Å². The van der Waals surface area contributed by atoms with Crippen molar-refractivity contribution in [3.63, 3.8) is 0 Å². The molecule has 0 radical (unpaired) electrons. The number of hydrogen-bond donors (Lipinski definition) is 0. The third-order valence-electron chi connectivity index (χ3n) is 3.20. The lowest BCUT2D eigenvalue weighted by Gasteiger charge is -2.08. The van der Waals surface area contributed by atoms with E-state index in [9.17, 15) is 0 Å². The maximum Gasteiger partial charge on any atom is 0.0715 e. The molecule has 0 atom stereocenters. The van der Waals surface area contributed by atoms with Crippen LogP contribution in [-0.2, 0) is 17.8 Å². The van der Waals surface area contributed by atoms with Gasteiger partial charge in [-0.1, -0.05) is 48.0 Å². The van der Waals surface area contributed by atoms with E-state index in [0.717, 1.165) is 6.42 Å². The molecule has 0 N–H and O–H groups in total. The molecular formula is C17H20O. The fourth-order valence-corrected chi connectivity index (χ4v) is 2.24. The lowest BCUT2D eigenvalue weighted by Crippen LogP contribution is -1.95. The molecule has 0 unspecified atom stereocenters. The summed E-state index contributed by atoms with van der Waals surface area (Å²) in [4.78, 5) is 0. The molecule has 0 aliphatic carbocycles. The first-order valence-corrected chi connectivity index (χ1v) is 6.32. The lowest BCUT2D eigenvalue weighted by molar-refractivity contribution is 0.184. The largest absolute Gasteiger partial charge is 0.380 e. The molecule has 2 rings (SSSR count). The molecule has 1 heteroatoms. The first kappa shape index (κ1) is 12.8. The summed E-state index contributed by atoms with van der Waals surface area (Å²) in [7, 11) is 1.74.